The maximum atomic E-state index is 12.3. The number of hydrogen-bond donors (Lipinski definition) is 2. The van der Waals surface area contributed by atoms with Gasteiger partial charge in [-0.15, -0.1) is 0 Å². The monoisotopic (exact) mass is 332 g/mol. The van der Waals surface area contributed by atoms with E-state index in [4.69, 9.17) is 0 Å². The number of nitrogens with one attached hydrogen (secondary N) is 1. The summed E-state index contributed by atoms with van der Waals surface area (Å²) < 4.78 is 0. The molecule has 1 aliphatic heterocycles. The van der Waals surface area contributed by atoms with Crippen LogP contribution in [-0.2, 0) is 0 Å². The molecule has 0 radical (unpaired) electrons. The quantitative estimate of drug-likeness (QED) is 0.718. The zero-order valence-corrected chi connectivity index (χ0v) is 15.0. The molecule has 5 heteroatoms. The predicted molar refractivity (Wildman–Crippen MR) is 94.0 cm³/mol. The van der Waals surface area contributed by atoms with Crippen molar-refractivity contribution in [2.24, 2.45) is 5.92 Å². The summed E-state index contributed by atoms with van der Waals surface area (Å²) in [5, 5.41) is 13.6. The van der Waals surface area contributed by atoms with Gasteiger partial charge in [0, 0.05) is 19.1 Å². The summed E-state index contributed by atoms with van der Waals surface area (Å²) in [6, 6.07) is 7.17. The van der Waals surface area contributed by atoms with Crippen LogP contribution in [-0.4, -0.2) is 46.6 Å². The minimum atomic E-state index is -0.739. The summed E-state index contributed by atoms with van der Waals surface area (Å²) in [5.41, 5.74) is 0.264. The number of carbonyl (C=O) groups is 2. The second-order valence-electron chi connectivity index (χ2n) is 7.24. The highest BCUT2D eigenvalue weighted by atomic mass is 16.3. The van der Waals surface area contributed by atoms with Crippen molar-refractivity contribution in [2.75, 3.05) is 13.1 Å². The summed E-state index contributed by atoms with van der Waals surface area (Å²) in [5.74, 6) is -0.214. The average molecular weight is 332 g/mol. The fourth-order valence-corrected chi connectivity index (χ4v) is 2.68. The molecule has 2 unspecified atom stereocenters. The molecule has 0 saturated heterocycles. The van der Waals surface area contributed by atoms with E-state index >= 15 is 0 Å². The van der Waals surface area contributed by atoms with Gasteiger partial charge in [0.1, 0.15) is 0 Å². The largest absolute Gasteiger partial charge is 0.389 e. The first kappa shape index (κ1) is 18.6. The molecule has 2 rings (SSSR count). The van der Waals surface area contributed by atoms with Crippen LogP contribution in [0.15, 0.2) is 24.3 Å². The van der Waals surface area contributed by atoms with E-state index in [2.05, 4.69) is 12.2 Å². The van der Waals surface area contributed by atoms with Gasteiger partial charge in [-0.25, -0.2) is 0 Å². The van der Waals surface area contributed by atoms with E-state index in [9.17, 15) is 14.7 Å². The van der Waals surface area contributed by atoms with Crippen molar-refractivity contribution in [3.05, 3.63) is 35.4 Å². The minimum Gasteiger partial charge on any atom is -0.389 e. The smallest absolute Gasteiger partial charge is 0.261 e. The van der Waals surface area contributed by atoms with Gasteiger partial charge in [0.2, 0.25) is 0 Å². The number of amides is 2. The molecule has 0 aromatic heterocycles. The van der Waals surface area contributed by atoms with Gasteiger partial charge in [0.05, 0.1) is 16.7 Å². The third-order valence-electron chi connectivity index (χ3n) is 4.95. The van der Waals surface area contributed by atoms with Crippen LogP contribution in [0.3, 0.4) is 0 Å². The lowest BCUT2D eigenvalue weighted by Crippen LogP contribution is -2.45. The molecule has 2 atom stereocenters. The third kappa shape index (κ3) is 4.02. The molecule has 1 aliphatic rings. The van der Waals surface area contributed by atoms with Gasteiger partial charge in [-0.1, -0.05) is 26.0 Å². The highest BCUT2D eigenvalue weighted by Gasteiger charge is 2.34. The summed E-state index contributed by atoms with van der Waals surface area (Å²) in [6.07, 6.45) is 1.57. The molecular weight excluding hydrogens is 304 g/mol. The minimum absolute atomic E-state index is 0.176. The number of carbonyl (C=O) groups excluding carboxylic acids is 2. The van der Waals surface area contributed by atoms with Gasteiger partial charge >= 0.3 is 0 Å². The Labute approximate surface area is 144 Å². The van der Waals surface area contributed by atoms with Crippen molar-refractivity contribution < 1.29 is 14.7 Å². The maximum Gasteiger partial charge on any atom is 0.261 e. The molecule has 5 nitrogen and oxygen atoms in total. The molecule has 0 spiro atoms. The van der Waals surface area contributed by atoms with Crippen molar-refractivity contribution in [1.29, 1.82) is 0 Å². The molecule has 2 amide bonds. The van der Waals surface area contributed by atoms with E-state index in [1.807, 2.05) is 20.8 Å². The van der Waals surface area contributed by atoms with Gasteiger partial charge in [-0.2, -0.15) is 0 Å². The summed E-state index contributed by atoms with van der Waals surface area (Å²) >= 11 is 0. The number of imide groups is 1. The summed E-state index contributed by atoms with van der Waals surface area (Å²) in [4.78, 5) is 25.9. The Morgan fingerprint density at radius 2 is 1.67 bits per heavy atom. The number of fused-ring (bicyclic) bond motifs is 1. The SMILES string of the molecule is CC(CCCN1C(=O)c2ccccc2C1=O)NCC(C)(O)C(C)C. The van der Waals surface area contributed by atoms with Crippen LogP contribution in [0.2, 0.25) is 0 Å². The summed E-state index contributed by atoms with van der Waals surface area (Å²) in [7, 11) is 0. The second kappa shape index (κ2) is 7.45. The molecule has 0 aliphatic carbocycles. The lowest BCUT2D eigenvalue weighted by atomic mass is 9.92. The van der Waals surface area contributed by atoms with Crippen LogP contribution < -0.4 is 5.32 Å². The van der Waals surface area contributed by atoms with E-state index in [-0.39, 0.29) is 23.8 Å². The van der Waals surface area contributed by atoms with Crippen LogP contribution in [0.1, 0.15) is 61.3 Å². The van der Waals surface area contributed by atoms with Crippen LogP contribution in [0.4, 0.5) is 0 Å². The Kier molecular flexibility index (Phi) is 5.78. The Bertz CT molecular complexity index is 575. The molecule has 0 fully saturated rings. The highest BCUT2D eigenvalue weighted by Crippen LogP contribution is 2.22. The van der Waals surface area contributed by atoms with Crippen molar-refractivity contribution in [1.82, 2.24) is 10.2 Å². The Morgan fingerprint density at radius 1 is 1.12 bits per heavy atom. The van der Waals surface area contributed by atoms with Crippen LogP contribution in [0.5, 0.6) is 0 Å². The van der Waals surface area contributed by atoms with E-state index < -0.39 is 5.60 Å². The molecule has 0 bridgehead atoms. The van der Waals surface area contributed by atoms with Gasteiger partial charge in [-0.3, -0.25) is 14.5 Å². The molecule has 0 saturated carbocycles. The summed E-state index contributed by atoms with van der Waals surface area (Å²) in [6.45, 7) is 8.83. The van der Waals surface area contributed by atoms with Crippen LogP contribution in [0, 0.1) is 5.92 Å². The first-order chi connectivity index (χ1) is 11.2. The van der Waals surface area contributed by atoms with Gasteiger partial charge in [0.15, 0.2) is 0 Å². The Hall–Kier alpha value is -1.72. The first-order valence-electron chi connectivity index (χ1n) is 8.65. The normalized spacial score (nSPS) is 18.0. The van der Waals surface area contributed by atoms with E-state index in [0.717, 1.165) is 12.8 Å². The second-order valence-corrected chi connectivity index (χ2v) is 7.24. The van der Waals surface area contributed by atoms with Crippen molar-refractivity contribution in [3.8, 4) is 0 Å². The topological polar surface area (TPSA) is 69.6 Å². The molecule has 132 valence electrons. The molecular formula is C19H28N2O3. The highest BCUT2D eigenvalue weighted by molar-refractivity contribution is 6.21. The van der Waals surface area contributed by atoms with Crippen LogP contribution in [0.25, 0.3) is 0 Å². The number of nitrogens with zero attached hydrogens (tertiary/aromatic N) is 1. The zero-order valence-electron chi connectivity index (χ0n) is 15.0. The average Bonchev–Trinajstić information content (AvgIpc) is 2.78. The van der Waals surface area contributed by atoms with Crippen molar-refractivity contribution in [3.63, 3.8) is 0 Å². The lowest BCUT2D eigenvalue weighted by molar-refractivity contribution is 0.0120. The number of aliphatic hydroxyl groups is 1. The predicted octanol–water partition coefficient (Wildman–Crippen LogP) is 2.45. The molecule has 1 aromatic rings. The first-order valence-corrected chi connectivity index (χ1v) is 8.65. The third-order valence-corrected chi connectivity index (χ3v) is 4.95. The molecule has 1 heterocycles. The molecule has 1 aromatic carbocycles. The molecule has 24 heavy (non-hydrogen) atoms. The van der Waals surface area contributed by atoms with Gasteiger partial charge in [-0.05, 0) is 44.7 Å². The van der Waals surface area contributed by atoms with Gasteiger partial charge < -0.3 is 10.4 Å². The van der Waals surface area contributed by atoms with Gasteiger partial charge in [0.25, 0.3) is 11.8 Å². The van der Waals surface area contributed by atoms with Crippen molar-refractivity contribution >= 4 is 11.8 Å². The van der Waals surface area contributed by atoms with Crippen LogP contribution >= 0.6 is 0 Å². The number of hydrogen-bond acceptors (Lipinski definition) is 4. The Morgan fingerprint density at radius 3 is 2.17 bits per heavy atom. The fraction of sp³-hybridized carbons (Fsp3) is 0.579. The Balaban J connectivity index is 1.79. The standard InChI is InChI=1S/C19H28N2O3/c1-13(2)19(4,24)12-20-14(3)8-7-11-21-17(22)15-9-5-6-10-16(15)18(21)23/h5-6,9-10,13-14,20,24H,7-8,11-12H2,1-4H3. The maximum absolute atomic E-state index is 12.3. The fourth-order valence-electron chi connectivity index (χ4n) is 2.68. The molecule has 2 N–H and O–H groups in total. The number of benzene rings is 1. The van der Waals surface area contributed by atoms with E-state index in [1.54, 1.807) is 24.3 Å². The van der Waals surface area contributed by atoms with E-state index in [1.165, 1.54) is 4.90 Å². The van der Waals surface area contributed by atoms with E-state index in [0.29, 0.717) is 24.2 Å². The number of rotatable bonds is 8. The van der Waals surface area contributed by atoms with Crippen molar-refractivity contribution in [2.45, 2.75) is 52.2 Å². The zero-order chi connectivity index (χ0) is 17.9. The lowest BCUT2D eigenvalue weighted by Gasteiger charge is -2.29.